The zero-order valence-electron chi connectivity index (χ0n) is 16.7. The minimum atomic E-state index is -0.261. The van der Waals surface area contributed by atoms with Gasteiger partial charge in [0, 0.05) is 5.69 Å². The van der Waals surface area contributed by atoms with Gasteiger partial charge in [-0.15, -0.1) is 0 Å². The number of aryl methyl sites for hydroxylation is 2. The van der Waals surface area contributed by atoms with Gasteiger partial charge in [0.25, 0.3) is 0 Å². The van der Waals surface area contributed by atoms with Gasteiger partial charge in [0.15, 0.2) is 11.1 Å². The Balaban J connectivity index is 1.71. The Kier molecular flexibility index (Phi) is 6.64. The van der Waals surface area contributed by atoms with E-state index in [1.54, 1.807) is 0 Å². The second-order valence-electron chi connectivity index (χ2n) is 7.21. The van der Waals surface area contributed by atoms with E-state index >= 15 is 0 Å². The van der Waals surface area contributed by atoms with E-state index in [4.69, 9.17) is 0 Å². The van der Waals surface area contributed by atoms with Crippen LogP contribution in [0.1, 0.15) is 50.7 Å². The number of nitrogens with zero attached hydrogens (tertiary/aromatic N) is 1. The number of benzene rings is 2. The monoisotopic (exact) mass is 376 g/mol. The zero-order chi connectivity index (χ0) is 19.9. The Morgan fingerprint density at radius 3 is 1.89 bits per heavy atom. The van der Waals surface area contributed by atoms with Crippen LogP contribution in [-0.4, -0.2) is 5.11 Å². The Morgan fingerprint density at radius 2 is 1.39 bits per heavy atom. The molecule has 0 aliphatic rings. The van der Waals surface area contributed by atoms with Crippen LogP contribution < -0.4 is 16.1 Å². The SMILES string of the molecule is CCCCc1ccc(/N=c2/c(O)c(Nc3ccc(CCCC)cc3)c2=O)cc1. The van der Waals surface area contributed by atoms with E-state index in [0.29, 0.717) is 5.69 Å². The Labute approximate surface area is 166 Å². The maximum Gasteiger partial charge on any atom is 0.235 e. The third-order valence-corrected chi connectivity index (χ3v) is 4.94. The molecule has 0 bridgehead atoms. The summed E-state index contributed by atoms with van der Waals surface area (Å²) in [7, 11) is 0. The molecule has 0 unspecified atom stereocenters. The number of hydrogen-bond acceptors (Lipinski definition) is 4. The van der Waals surface area contributed by atoms with Crippen LogP contribution >= 0.6 is 0 Å². The molecule has 0 saturated carbocycles. The maximum absolute atomic E-state index is 12.4. The van der Waals surface area contributed by atoms with E-state index in [0.717, 1.165) is 37.8 Å². The van der Waals surface area contributed by atoms with Gasteiger partial charge in [-0.05, 0) is 61.1 Å². The molecule has 0 fully saturated rings. The molecule has 0 atom stereocenters. The second kappa shape index (κ2) is 9.36. The van der Waals surface area contributed by atoms with Crippen molar-refractivity contribution in [2.24, 2.45) is 4.99 Å². The van der Waals surface area contributed by atoms with Crippen LogP contribution in [0.25, 0.3) is 0 Å². The van der Waals surface area contributed by atoms with Crippen molar-refractivity contribution in [3.05, 3.63) is 75.2 Å². The van der Waals surface area contributed by atoms with Crippen LogP contribution in [0, 0.1) is 0 Å². The molecule has 0 radical (unpaired) electrons. The number of aromatic hydroxyl groups is 1. The van der Waals surface area contributed by atoms with E-state index in [-0.39, 0.29) is 22.2 Å². The van der Waals surface area contributed by atoms with Gasteiger partial charge >= 0.3 is 0 Å². The molecular formula is C24H28N2O2. The smallest absolute Gasteiger partial charge is 0.235 e. The highest BCUT2D eigenvalue weighted by atomic mass is 16.3. The van der Waals surface area contributed by atoms with Crippen LogP contribution in [0.4, 0.5) is 17.1 Å². The fraction of sp³-hybridized carbons (Fsp3) is 0.333. The van der Waals surface area contributed by atoms with Gasteiger partial charge in [0.1, 0.15) is 5.69 Å². The van der Waals surface area contributed by atoms with Crippen molar-refractivity contribution in [1.82, 2.24) is 0 Å². The second-order valence-corrected chi connectivity index (χ2v) is 7.21. The van der Waals surface area contributed by atoms with Crippen molar-refractivity contribution in [3.8, 4) is 5.75 Å². The standard InChI is InChI=1S/C24H28N2O2/c1-3-5-7-17-9-13-19(14-10-17)25-21-23(27)22(24(21)28)26-20-15-11-18(12-16-20)8-6-4-2/h9-16,25,27H,3-8H2,1-2H3/b26-22-. The molecule has 4 nitrogen and oxygen atoms in total. The van der Waals surface area contributed by atoms with Gasteiger partial charge in [-0.25, -0.2) is 4.99 Å². The summed E-state index contributed by atoms with van der Waals surface area (Å²) in [5.41, 5.74) is 3.94. The van der Waals surface area contributed by atoms with Crippen molar-refractivity contribution in [1.29, 1.82) is 0 Å². The van der Waals surface area contributed by atoms with Crippen LogP contribution in [-0.2, 0) is 12.8 Å². The largest absolute Gasteiger partial charge is 0.504 e. The number of rotatable bonds is 9. The van der Waals surface area contributed by atoms with Gasteiger partial charge in [-0.1, -0.05) is 51.0 Å². The Morgan fingerprint density at radius 1 is 0.857 bits per heavy atom. The summed E-state index contributed by atoms with van der Waals surface area (Å²) in [5.74, 6) is -0.0740. The maximum atomic E-state index is 12.4. The summed E-state index contributed by atoms with van der Waals surface area (Å²) in [6.45, 7) is 4.34. The summed E-state index contributed by atoms with van der Waals surface area (Å²) in [4.78, 5) is 16.7. The summed E-state index contributed by atoms with van der Waals surface area (Å²) >= 11 is 0. The third-order valence-electron chi connectivity index (χ3n) is 4.94. The molecule has 0 aliphatic heterocycles. The Bertz CT molecular complexity index is 979. The molecule has 0 spiro atoms. The molecule has 0 aliphatic carbocycles. The van der Waals surface area contributed by atoms with E-state index in [2.05, 4.69) is 24.2 Å². The average Bonchev–Trinajstić information content (AvgIpc) is 2.74. The average molecular weight is 377 g/mol. The topological polar surface area (TPSA) is 61.7 Å². The van der Waals surface area contributed by atoms with Gasteiger partial charge in [0.2, 0.25) is 5.43 Å². The highest BCUT2D eigenvalue weighted by Gasteiger charge is 2.18. The molecule has 2 N–H and O–H groups in total. The molecule has 0 aromatic heterocycles. The minimum absolute atomic E-state index is 0.0740. The molecule has 3 aromatic carbocycles. The third kappa shape index (κ3) is 4.69. The highest BCUT2D eigenvalue weighted by Crippen LogP contribution is 2.23. The first-order valence-corrected chi connectivity index (χ1v) is 10.1. The van der Waals surface area contributed by atoms with Gasteiger partial charge < -0.3 is 10.4 Å². The predicted molar refractivity (Wildman–Crippen MR) is 115 cm³/mol. The lowest BCUT2D eigenvalue weighted by molar-refractivity contribution is 0.464. The first-order valence-electron chi connectivity index (χ1n) is 10.1. The van der Waals surface area contributed by atoms with Crippen molar-refractivity contribution in [2.75, 3.05) is 5.32 Å². The molecular weight excluding hydrogens is 348 g/mol. The lowest BCUT2D eigenvalue weighted by atomic mass is 10.1. The molecule has 4 heteroatoms. The van der Waals surface area contributed by atoms with Crippen LogP contribution in [0.3, 0.4) is 0 Å². The van der Waals surface area contributed by atoms with E-state index < -0.39 is 0 Å². The fourth-order valence-electron chi connectivity index (χ4n) is 3.14. The summed E-state index contributed by atoms with van der Waals surface area (Å²) in [6, 6.07) is 15.8. The quantitative estimate of drug-likeness (QED) is 0.533. The summed E-state index contributed by atoms with van der Waals surface area (Å²) < 4.78 is 0. The number of anilines is 2. The Hall–Kier alpha value is -2.88. The summed E-state index contributed by atoms with van der Waals surface area (Å²) in [5, 5.41) is 13.4. The molecule has 0 heterocycles. The van der Waals surface area contributed by atoms with E-state index in [1.807, 2.05) is 48.5 Å². The lowest BCUT2D eigenvalue weighted by Crippen LogP contribution is -2.33. The normalized spacial score (nSPS) is 11.9. The van der Waals surface area contributed by atoms with Gasteiger partial charge in [-0.2, -0.15) is 0 Å². The van der Waals surface area contributed by atoms with Crippen LogP contribution in [0.5, 0.6) is 5.75 Å². The molecule has 0 amide bonds. The minimum Gasteiger partial charge on any atom is -0.504 e. The molecule has 3 rings (SSSR count). The molecule has 28 heavy (non-hydrogen) atoms. The van der Waals surface area contributed by atoms with Gasteiger partial charge in [0.05, 0.1) is 5.69 Å². The zero-order valence-corrected chi connectivity index (χ0v) is 16.7. The first-order chi connectivity index (χ1) is 13.6. The van der Waals surface area contributed by atoms with Crippen LogP contribution in [0.2, 0.25) is 0 Å². The van der Waals surface area contributed by atoms with Crippen molar-refractivity contribution in [2.45, 2.75) is 52.4 Å². The number of nitrogens with one attached hydrogen (secondary N) is 1. The molecule has 146 valence electrons. The summed E-state index contributed by atoms with van der Waals surface area (Å²) in [6.07, 6.45) is 6.74. The lowest BCUT2D eigenvalue weighted by Gasteiger charge is -2.11. The number of unbranched alkanes of at least 4 members (excludes halogenated alkanes) is 2. The van der Waals surface area contributed by atoms with Crippen molar-refractivity contribution in [3.63, 3.8) is 0 Å². The molecule has 0 saturated heterocycles. The van der Waals surface area contributed by atoms with Gasteiger partial charge in [-0.3, -0.25) is 4.79 Å². The van der Waals surface area contributed by atoms with Crippen molar-refractivity contribution < 1.29 is 5.11 Å². The highest BCUT2D eigenvalue weighted by molar-refractivity contribution is 5.69. The predicted octanol–water partition coefficient (Wildman–Crippen LogP) is 5.29. The van der Waals surface area contributed by atoms with E-state index in [9.17, 15) is 9.90 Å². The molecule has 3 aromatic rings. The van der Waals surface area contributed by atoms with Crippen molar-refractivity contribution >= 4 is 17.1 Å². The van der Waals surface area contributed by atoms with E-state index in [1.165, 1.54) is 17.5 Å². The van der Waals surface area contributed by atoms with Crippen LogP contribution in [0.15, 0.2) is 58.3 Å². The number of hydrogen-bond donors (Lipinski definition) is 2. The first kappa shape index (κ1) is 19.9. The fourth-order valence-corrected chi connectivity index (χ4v) is 3.14.